The number of nitriles is 1. The summed E-state index contributed by atoms with van der Waals surface area (Å²) in [7, 11) is 0. The number of hydrogen-bond donors (Lipinski definition) is 0. The molecule has 0 bridgehead atoms. The summed E-state index contributed by atoms with van der Waals surface area (Å²) >= 11 is 18.2. The maximum atomic E-state index is 9.82. The van der Waals surface area contributed by atoms with Gasteiger partial charge in [-0.3, -0.25) is 4.40 Å². The van der Waals surface area contributed by atoms with Crippen LogP contribution in [-0.4, -0.2) is 9.38 Å². The van der Waals surface area contributed by atoms with Gasteiger partial charge in [0.05, 0.1) is 33.1 Å². The van der Waals surface area contributed by atoms with E-state index in [9.17, 15) is 5.26 Å². The van der Waals surface area contributed by atoms with Gasteiger partial charge in [0.1, 0.15) is 5.65 Å². The van der Waals surface area contributed by atoms with Crippen LogP contribution in [0.2, 0.25) is 15.1 Å². The van der Waals surface area contributed by atoms with E-state index in [0.717, 1.165) is 28.2 Å². The van der Waals surface area contributed by atoms with Gasteiger partial charge < -0.3 is 0 Å². The standard InChI is InChI=1S/C23H14Cl3N3/c1-14-3-2-10-29-21(12-17(13-27)16-6-9-19(25)20(26)11-16)22(28-23(14)29)15-4-7-18(24)8-5-15/h2-12H,1H3. The topological polar surface area (TPSA) is 41.1 Å². The molecule has 0 atom stereocenters. The summed E-state index contributed by atoms with van der Waals surface area (Å²) in [5.41, 5.74) is 5.49. The Labute approximate surface area is 183 Å². The molecule has 0 spiro atoms. The molecule has 2 aromatic carbocycles. The second kappa shape index (κ2) is 7.93. The van der Waals surface area contributed by atoms with Crippen LogP contribution in [0.4, 0.5) is 0 Å². The Bertz CT molecular complexity index is 1300. The van der Waals surface area contributed by atoms with Crippen molar-refractivity contribution in [2.24, 2.45) is 0 Å². The predicted molar refractivity (Wildman–Crippen MR) is 120 cm³/mol. The summed E-state index contributed by atoms with van der Waals surface area (Å²) in [4.78, 5) is 4.84. The second-order valence-corrected chi connectivity index (χ2v) is 7.79. The molecule has 0 aliphatic rings. The van der Waals surface area contributed by atoms with Crippen molar-refractivity contribution < 1.29 is 0 Å². The van der Waals surface area contributed by atoms with Crippen LogP contribution in [0.1, 0.15) is 16.8 Å². The number of imidazole rings is 1. The minimum absolute atomic E-state index is 0.400. The number of allylic oxidation sites excluding steroid dienone is 1. The Morgan fingerprint density at radius 2 is 1.79 bits per heavy atom. The lowest BCUT2D eigenvalue weighted by Crippen LogP contribution is -1.91. The second-order valence-electron chi connectivity index (χ2n) is 6.54. The summed E-state index contributed by atoms with van der Waals surface area (Å²) in [6.07, 6.45) is 3.76. The molecule has 0 saturated carbocycles. The summed E-state index contributed by atoms with van der Waals surface area (Å²) in [6, 6.07) is 18.9. The molecular formula is C23H14Cl3N3. The lowest BCUT2D eigenvalue weighted by atomic mass is 10.0. The van der Waals surface area contributed by atoms with Crippen molar-refractivity contribution in [2.75, 3.05) is 0 Å². The van der Waals surface area contributed by atoms with Crippen LogP contribution in [-0.2, 0) is 0 Å². The van der Waals surface area contributed by atoms with E-state index >= 15 is 0 Å². The molecule has 0 aliphatic heterocycles. The molecule has 29 heavy (non-hydrogen) atoms. The van der Waals surface area contributed by atoms with Gasteiger partial charge in [-0.05, 0) is 54.5 Å². The average Bonchev–Trinajstić information content (AvgIpc) is 3.08. The number of aryl methyl sites for hydroxylation is 1. The predicted octanol–water partition coefficient (Wildman–Crippen LogP) is 7.33. The zero-order chi connectivity index (χ0) is 20.5. The molecule has 0 saturated heterocycles. The summed E-state index contributed by atoms with van der Waals surface area (Å²) < 4.78 is 1.98. The van der Waals surface area contributed by atoms with E-state index in [4.69, 9.17) is 39.8 Å². The number of nitrogens with zero attached hydrogens (tertiary/aromatic N) is 3. The van der Waals surface area contributed by atoms with E-state index < -0.39 is 0 Å². The zero-order valence-electron chi connectivity index (χ0n) is 15.3. The van der Waals surface area contributed by atoms with E-state index in [1.54, 1.807) is 18.2 Å². The molecule has 0 N–H and O–H groups in total. The van der Waals surface area contributed by atoms with Gasteiger partial charge in [-0.2, -0.15) is 5.26 Å². The third kappa shape index (κ3) is 3.75. The summed E-state index contributed by atoms with van der Waals surface area (Å²) in [6.45, 7) is 2.01. The van der Waals surface area contributed by atoms with E-state index in [2.05, 4.69) is 6.07 Å². The maximum absolute atomic E-state index is 9.82. The molecule has 2 aromatic heterocycles. The van der Waals surface area contributed by atoms with Gasteiger partial charge in [-0.25, -0.2) is 4.98 Å². The SMILES string of the molecule is Cc1cccn2c(C=C(C#N)c3ccc(Cl)c(Cl)c3)c(-c3ccc(Cl)cc3)nc12. The zero-order valence-corrected chi connectivity index (χ0v) is 17.6. The van der Waals surface area contributed by atoms with Crippen molar-refractivity contribution in [1.82, 2.24) is 9.38 Å². The van der Waals surface area contributed by atoms with Gasteiger partial charge in [0, 0.05) is 16.8 Å². The first-order valence-electron chi connectivity index (χ1n) is 8.79. The van der Waals surface area contributed by atoms with Crippen LogP contribution in [0.15, 0.2) is 60.8 Å². The molecule has 4 aromatic rings. The fourth-order valence-electron chi connectivity index (χ4n) is 3.16. The van der Waals surface area contributed by atoms with Crippen molar-refractivity contribution in [3.8, 4) is 17.3 Å². The molecule has 4 rings (SSSR count). The Kier molecular flexibility index (Phi) is 5.34. The third-order valence-corrected chi connectivity index (χ3v) is 5.62. The molecule has 6 heteroatoms. The van der Waals surface area contributed by atoms with Gasteiger partial charge >= 0.3 is 0 Å². The van der Waals surface area contributed by atoms with Crippen LogP contribution in [0, 0.1) is 18.3 Å². The van der Waals surface area contributed by atoms with Crippen molar-refractivity contribution in [2.45, 2.75) is 6.92 Å². The fourth-order valence-corrected chi connectivity index (χ4v) is 3.58. The highest BCUT2D eigenvalue weighted by Gasteiger charge is 2.15. The van der Waals surface area contributed by atoms with Crippen molar-refractivity contribution in [3.63, 3.8) is 0 Å². The average molecular weight is 439 g/mol. The van der Waals surface area contributed by atoms with Crippen molar-refractivity contribution in [1.29, 1.82) is 5.26 Å². The highest BCUT2D eigenvalue weighted by atomic mass is 35.5. The number of aromatic nitrogens is 2. The van der Waals surface area contributed by atoms with Crippen LogP contribution < -0.4 is 0 Å². The monoisotopic (exact) mass is 437 g/mol. The normalized spacial score (nSPS) is 11.6. The summed E-state index contributed by atoms with van der Waals surface area (Å²) in [5, 5.41) is 11.3. The number of fused-ring (bicyclic) bond motifs is 1. The molecule has 0 amide bonds. The quantitative estimate of drug-likeness (QED) is 0.314. The van der Waals surface area contributed by atoms with E-state index in [1.165, 1.54) is 0 Å². The van der Waals surface area contributed by atoms with Gasteiger partial charge in [-0.1, -0.05) is 59.1 Å². The molecular weight excluding hydrogens is 425 g/mol. The molecule has 0 unspecified atom stereocenters. The van der Waals surface area contributed by atoms with Crippen LogP contribution in [0.5, 0.6) is 0 Å². The highest BCUT2D eigenvalue weighted by Crippen LogP contribution is 2.31. The Hall–Kier alpha value is -2.77. The first kappa shape index (κ1) is 19.5. The number of benzene rings is 2. The van der Waals surface area contributed by atoms with Crippen LogP contribution in [0.3, 0.4) is 0 Å². The largest absolute Gasteiger partial charge is 0.299 e. The van der Waals surface area contributed by atoms with Gasteiger partial charge in [-0.15, -0.1) is 0 Å². The van der Waals surface area contributed by atoms with Crippen molar-refractivity contribution >= 4 is 52.1 Å². The molecule has 0 radical (unpaired) electrons. The first-order valence-corrected chi connectivity index (χ1v) is 9.92. The third-order valence-electron chi connectivity index (χ3n) is 4.63. The first-order chi connectivity index (χ1) is 14.0. The van der Waals surface area contributed by atoms with E-state index in [-0.39, 0.29) is 0 Å². The molecule has 2 heterocycles. The maximum Gasteiger partial charge on any atom is 0.140 e. The Morgan fingerprint density at radius 3 is 2.48 bits per heavy atom. The van der Waals surface area contributed by atoms with Gasteiger partial charge in [0.25, 0.3) is 0 Å². The number of halogens is 3. The van der Waals surface area contributed by atoms with Gasteiger partial charge in [0.15, 0.2) is 0 Å². The molecule has 3 nitrogen and oxygen atoms in total. The van der Waals surface area contributed by atoms with E-state index in [1.807, 2.05) is 60.0 Å². The number of pyridine rings is 1. The summed E-state index contributed by atoms with van der Waals surface area (Å²) in [5.74, 6) is 0. The minimum Gasteiger partial charge on any atom is -0.299 e. The smallest absolute Gasteiger partial charge is 0.140 e. The van der Waals surface area contributed by atoms with Crippen molar-refractivity contribution in [3.05, 3.63) is 92.7 Å². The molecule has 0 aliphatic carbocycles. The number of hydrogen-bond acceptors (Lipinski definition) is 2. The fraction of sp³-hybridized carbons (Fsp3) is 0.0435. The van der Waals surface area contributed by atoms with Gasteiger partial charge in [0.2, 0.25) is 0 Å². The Morgan fingerprint density at radius 1 is 1.03 bits per heavy atom. The molecule has 142 valence electrons. The highest BCUT2D eigenvalue weighted by molar-refractivity contribution is 6.42. The molecule has 0 fully saturated rings. The lowest BCUT2D eigenvalue weighted by molar-refractivity contribution is 1.15. The van der Waals surface area contributed by atoms with E-state index in [0.29, 0.717) is 26.2 Å². The Balaban J connectivity index is 1.98. The van der Waals surface area contributed by atoms with Crippen LogP contribution in [0.25, 0.3) is 28.6 Å². The number of rotatable bonds is 3. The lowest BCUT2D eigenvalue weighted by Gasteiger charge is -2.05. The van der Waals surface area contributed by atoms with Crippen LogP contribution >= 0.6 is 34.8 Å². The minimum atomic E-state index is 0.400.